The molecule has 0 bridgehead atoms. The predicted molar refractivity (Wildman–Crippen MR) is 96.1 cm³/mol. The molecule has 108 valence electrons. The van der Waals surface area contributed by atoms with Crippen molar-refractivity contribution < 1.29 is 4.42 Å². The molecule has 1 unspecified atom stereocenters. The van der Waals surface area contributed by atoms with Crippen LogP contribution in [-0.2, 0) is 6.54 Å². The fourth-order valence-corrected chi connectivity index (χ4v) is 3.31. The molecule has 1 aromatic heterocycles. The molecule has 0 amide bonds. The normalized spacial score (nSPS) is 12.7. The van der Waals surface area contributed by atoms with E-state index in [1.54, 1.807) is 4.57 Å². The van der Waals surface area contributed by atoms with E-state index in [0.29, 0.717) is 12.1 Å². The van der Waals surface area contributed by atoms with Crippen LogP contribution in [-0.4, -0.2) is 4.57 Å². The molecule has 21 heavy (non-hydrogen) atoms. The first-order valence-electron chi connectivity index (χ1n) is 6.63. The molecular formula is C16H13BrINO2. The number of nitrogens with zero attached hydrogens (tertiary/aromatic N) is 1. The van der Waals surface area contributed by atoms with Crippen LogP contribution in [0.15, 0.2) is 51.7 Å². The van der Waals surface area contributed by atoms with Gasteiger partial charge in [0.25, 0.3) is 0 Å². The first kappa shape index (κ1) is 14.8. The average Bonchev–Trinajstić information content (AvgIpc) is 2.81. The number of aromatic nitrogens is 1. The molecule has 0 spiro atoms. The minimum Gasteiger partial charge on any atom is -0.408 e. The molecular weight excluding hydrogens is 445 g/mol. The van der Waals surface area contributed by atoms with Gasteiger partial charge in [-0.15, -0.1) is 0 Å². The fraction of sp³-hybridized carbons (Fsp3) is 0.188. The number of alkyl halides is 1. The van der Waals surface area contributed by atoms with E-state index in [1.165, 1.54) is 9.13 Å². The van der Waals surface area contributed by atoms with Crippen LogP contribution in [0.4, 0.5) is 0 Å². The quantitative estimate of drug-likeness (QED) is 0.422. The van der Waals surface area contributed by atoms with Crippen LogP contribution < -0.4 is 5.76 Å². The Labute approximate surface area is 144 Å². The molecule has 5 heteroatoms. The maximum Gasteiger partial charge on any atom is 0.419 e. The molecule has 0 radical (unpaired) electrons. The van der Waals surface area contributed by atoms with Crippen molar-refractivity contribution in [1.29, 1.82) is 0 Å². The summed E-state index contributed by atoms with van der Waals surface area (Å²) in [6, 6.07) is 14.3. The Hall–Kier alpha value is -1.08. The van der Waals surface area contributed by atoms with E-state index in [2.05, 4.69) is 62.8 Å². The van der Waals surface area contributed by atoms with E-state index in [9.17, 15) is 4.79 Å². The Morgan fingerprint density at radius 1 is 1.19 bits per heavy atom. The maximum absolute atomic E-state index is 11.7. The molecule has 0 aliphatic heterocycles. The number of hydrogen-bond donors (Lipinski definition) is 0. The first-order chi connectivity index (χ1) is 10.1. The molecule has 3 rings (SSSR count). The third kappa shape index (κ3) is 2.81. The molecule has 0 aliphatic carbocycles. The van der Waals surface area contributed by atoms with Gasteiger partial charge in [-0.1, -0.05) is 34.1 Å². The number of aryl methyl sites for hydroxylation is 1. The predicted octanol–water partition coefficient (Wildman–Crippen LogP) is 4.70. The van der Waals surface area contributed by atoms with Gasteiger partial charge in [-0.2, -0.15) is 0 Å². The molecule has 0 fully saturated rings. The zero-order valence-corrected chi connectivity index (χ0v) is 15.1. The minimum atomic E-state index is -0.301. The number of hydrogen-bond acceptors (Lipinski definition) is 2. The van der Waals surface area contributed by atoms with Crippen molar-refractivity contribution in [2.75, 3.05) is 0 Å². The van der Waals surface area contributed by atoms with E-state index in [0.717, 1.165) is 11.1 Å². The maximum atomic E-state index is 11.7. The lowest BCUT2D eigenvalue weighted by Crippen LogP contribution is -2.11. The van der Waals surface area contributed by atoms with Gasteiger partial charge in [0.05, 0.1) is 10.3 Å². The van der Waals surface area contributed by atoms with Crippen molar-refractivity contribution in [3.05, 3.63) is 67.7 Å². The SMILES string of the molecule is CCn1c(=O)oc2cc(C(Br)c3ccc(I)cc3)ccc21. The van der Waals surface area contributed by atoms with Crippen LogP contribution in [0.2, 0.25) is 0 Å². The monoisotopic (exact) mass is 457 g/mol. The van der Waals surface area contributed by atoms with Gasteiger partial charge in [0.15, 0.2) is 5.58 Å². The summed E-state index contributed by atoms with van der Waals surface area (Å²) >= 11 is 6.01. The van der Waals surface area contributed by atoms with E-state index in [4.69, 9.17) is 4.42 Å². The second-order valence-corrected chi connectivity index (χ2v) is 6.91. The van der Waals surface area contributed by atoms with Gasteiger partial charge in [-0.05, 0) is 64.9 Å². The van der Waals surface area contributed by atoms with E-state index >= 15 is 0 Å². The lowest BCUT2D eigenvalue weighted by Gasteiger charge is -2.11. The number of fused-ring (bicyclic) bond motifs is 1. The third-order valence-electron chi connectivity index (χ3n) is 3.46. The van der Waals surface area contributed by atoms with Crippen molar-refractivity contribution in [3.8, 4) is 0 Å². The van der Waals surface area contributed by atoms with Gasteiger partial charge in [0.2, 0.25) is 0 Å². The summed E-state index contributed by atoms with van der Waals surface area (Å²) in [5.41, 5.74) is 3.72. The Morgan fingerprint density at radius 2 is 1.86 bits per heavy atom. The molecule has 3 aromatic rings. The van der Waals surface area contributed by atoms with Gasteiger partial charge in [0, 0.05) is 10.1 Å². The van der Waals surface area contributed by atoms with Gasteiger partial charge in [-0.3, -0.25) is 4.57 Å². The Bertz CT molecular complexity index is 836. The molecule has 2 aromatic carbocycles. The van der Waals surface area contributed by atoms with Gasteiger partial charge in [-0.25, -0.2) is 4.79 Å². The second-order valence-electron chi connectivity index (χ2n) is 4.75. The van der Waals surface area contributed by atoms with Crippen LogP contribution >= 0.6 is 38.5 Å². The zero-order chi connectivity index (χ0) is 15.0. The van der Waals surface area contributed by atoms with Crippen molar-refractivity contribution >= 4 is 49.6 Å². The lowest BCUT2D eigenvalue weighted by molar-refractivity contribution is 0.513. The summed E-state index contributed by atoms with van der Waals surface area (Å²) in [7, 11) is 0. The van der Waals surface area contributed by atoms with E-state index in [-0.39, 0.29) is 10.6 Å². The zero-order valence-electron chi connectivity index (χ0n) is 11.3. The summed E-state index contributed by atoms with van der Waals surface area (Å²) in [5, 5.41) is 0. The average molecular weight is 458 g/mol. The molecule has 0 saturated heterocycles. The summed E-state index contributed by atoms with van der Waals surface area (Å²) in [6.45, 7) is 2.54. The highest BCUT2D eigenvalue weighted by Crippen LogP contribution is 2.32. The van der Waals surface area contributed by atoms with Crippen molar-refractivity contribution in [2.24, 2.45) is 0 Å². The standard InChI is InChI=1S/C16H13BrINO2/c1-2-19-13-8-5-11(9-14(13)21-16(19)20)15(17)10-3-6-12(18)7-4-10/h3-9,15H,2H2,1H3. The topological polar surface area (TPSA) is 35.1 Å². The van der Waals surface area contributed by atoms with Crippen LogP contribution in [0.25, 0.3) is 11.1 Å². The largest absolute Gasteiger partial charge is 0.419 e. The van der Waals surface area contributed by atoms with Crippen LogP contribution in [0, 0.1) is 3.57 Å². The van der Waals surface area contributed by atoms with Gasteiger partial charge in [0.1, 0.15) is 0 Å². The number of benzene rings is 2. The number of oxazole rings is 1. The Morgan fingerprint density at radius 3 is 2.52 bits per heavy atom. The molecule has 1 heterocycles. The highest BCUT2D eigenvalue weighted by atomic mass is 127. The number of rotatable bonds is 3. The molecule has 0 N–H and O–H groups in total. The van der Waals surface area contributed by atoms with Crippen LogP contribution in [0.5, 0.6) is 0 Å². The third-order valence-corrected chi connectivity index (χ3v) is 5.24. The van der Waals surface area contributed by atoms with Crippen molar-refractivity contribution in [3.63, 3.8) is 0 Å². The smallest absolute Gasteiger partial charge is 0.408 e. The Kier molecular flexibility index (Phi) is 4.21. The van der Waals surface area contributed by atoms with Gasteiger partial charge >= 0.3 is 5.76 Å². The van der Waals surface area contributed by atoms with Crippen molar-refractivity contribution in [1.82, 2.24) is 4.57 Å². The van der Waals surface area contributed by atoms with E-state index < -0.39 is 0 Å². The first-order valence-corrected chi connectivity index (χ1v) is 8.62. The lowest BCUT2D eigenvalue weighted by atomic mass is 10.0. The highest BCUT2D eigenvalue weighted by Gasteiger charge is 2.14. The Balaban J connectivity index is 2.04. The molecule has 3 nitrogen and oxygen atoms in total. The van der Waals surface area contributed by atoms with Crippen LogP contribution in [0.3, 0.4) is 0 Å². The molecule has 1 atom stereocenters. The number of halogens is 2. The summed E-state index contributed by atoms with van der Waals surface area (Å²) in [6.07, 6.45) is 0. The minimum absolute atomic E-state index is 0.0779. The summed E-state index contributed by atoms with van der Waals surface area (Å²) in [4.78, 5) is 11.8. The second kappa shape index (κ2) is 5.96. The summed E-state index contributed by atoms with van der Waals surface area (Å²) < 4.78 is 8.16. The fourth-order valence-electron chi connectivity index (χ4n) is 2.36. The molecule has 0 saturated carbocycles. The van der Waals surface area contributed by atoms with E-state index in [1.807, 2.05) is 25.1 Å². The van der Waals surface area contributed by atoms with Crippen molar-refractivity contribution in [2.45, 2.75) is 18.3 Å². The molecule has 0 aliphatic rings. The van der Waals surface area contributed by atoms with Crippen LogP contribution in [0.1, 0.15) is 22.9 Å². The van der Waals surface area contributed by atoms with Gasteiger partial charge < -0.3 is 4.42 Å². The summed E-state index contributed by atoms with van der Waals surface area (Å²) in [5.74, 6) is -0.301. The highest BCUT2D eigenvalue weighted by molar-refractivity contribution is 14.1.